The second kappa shape index (κ2) is 9.44. The van der Waals surface area contributed by atoms with Gasteiger partial charge in [-0.05, 0) is 53.9 Å². The number of nitrogens with one attached hydrogen (secondary N) is 1. The summed E-state index contributed by atoms with van der Waals surface area (Å²) in [6.45, 7) is 1.38. The highest BCUT2D eigenvalue weighted by Gasteiger charge is 2.44. The third-order valence-electron chi connectivity index (χ3n) is 5.24. The first-order chi connectivity index (χ1) is 15.2. The molecule has 0 radical (unpaired) electrons. The Bertz CT molecular complexity index is 1140. The van der Waals surface area contributed by atoms with Crippen LogP contribution in [0.2, 0.25) is 0 Å². The molecule has 0 bridgehead atoms. The first-order valence-electron chi connectivity index (χ1n) is 10.2. The van der Waals surface area contributed by atoms with Crippen molar-refractivity contribution in [2.24, 2.45) is 0 Å². The zero-order chi connectivity index (χ0) is 23.5. The summed E-state index contributed by atoms with van der Waals surface area (Å²) in [5, 5.41) is 2.69. The molecule has 3 rings (SSSR count). The van der Waals surface area contributed by atoms with Crippen LogP contribution in [0.25, 0.3) is 4.91 Å². The monoisotopic (exact) mass is 457 g/mol. The zero-order valence-electron chi connectivity index (χ0n) is 18.6. The predicted molar refractivity (Wildman–Crippen MR) is 123 cm³/mol. The number of ether oxygens (including phenoxy) is 1. The summed E-state index contributed by atoms with van der Waals surface area (Å²) in [5.74, 6) is -0.641. The second-order valence-electron chi connectivity index (χ2n) is 7.54. The standard InChI is InChI=1S/C23H27N3O5S/c1-5-20-22(17-8-12-19(31-4)13-9-17)32(29,30)26(23(20)28)15-21(27)24-14-16-6-10-18(11-7-16)25(2)3/h6-13H,5,14-15H2,1-4H3,(H,24,27). The summed E-state index contributed by atoms with van der Waals surface area (Å²) in [4.78, 5) is 27.2. The molecular weight excluding hydrogens is 430 g/mol. The largest absolute Gasteiger partial charge is 0.497 e. The molecule has 32 heavy (non-hydrogen) atoms. The van der Waals surface area contributed by atoms with Crippen molar-refractivity contribution >= 4 is 32.4 Å². The molecule has 8 nitrogen and oxygen atoms in total. The summed E-state index contributed by atoms with van der Waals surface area (Å²) in [5.41, 5.74) is 2.45. The Morgan fingerprint density at radius 2 is 1.69 bits per heavy atom. The van der Waals surface area contributed by atoms with E-state index in [1.54, 1.807) is 31.2 Å². The maximum absolute atomic E-state index is 13.2. The Kier molecular flexibility index (Phi) is 6.88. The Morgan fingerprint density at radius 3 is 2.22 bits per heavy atom. The topological polar surface area (TPSA) is 96.0 Å². The van der Waals surface area contributed by atoms with Crippen LogP contribution in [0, 0.1) is 0 Å². The van der Waals surface area contributed by atoms with Gasteiger partial charge in [0.1, 0.15) is 17.2 Å². The van der Waals surface area contributed by atoms with E-state index in [0.717, 1.165) is 11.3 Å². The number of carbonyl (C=O) groups is 2. The van der Waals surface area contributed by atoms with Crippen LogP contribution in [0.3, 0.4) is 0 Å². The van der Waals surface area contributed by atoms with E-state index in [1.807, 2.05) is 43.3 Å². The maximum Gasteiger partial charge on any atom is 0.268 e. The Labute approximate surface area is 188 Å². The first-order valence-corrected chi connectivity index (χ1v) is 11.6. The molecule has 2 aromatic rings. The summed E-state index contributed by atoms with van der Waals surface area (Å²) in [6.07, 6.45) is 0.232. The van der Waals surface area contributed by atoms with Gasteiger partial charge in [0, 0.05) is 31.9 Å². The minimum atomic E-state index is -4.15. The van der Waals surface area contributed by atoms with Crippen molar-refractivity contribution < 1.29 is 22.7 Å². The van der Waals surface area contributed by atoms with Gasteiger partial charge < -0.3 is 15.0 Å². The van der Waals surface area contributed by atoms with Crippen LogP contribution in [0.5, 0.6) is 5.75 Å². The van der Waals surface area contributed by atoms with Crippen LogP contribution in [0.4, 0.5) is 5.69 Å². The number of benzene rings is 2. The van der Waals surface area contributed by atoms with Crippen LogP contribution < -0.4 is 15.0 Å². The predicted octanol–water partition coefficient (Wildman–Crippen LogP) is 2.37. The van der Waals surface area contributed by atoms with E-state index >= 15 is 0 Å². The van der Waals surface area contributed by atoms with Gasteiger partial charge in [-0.15, -0.1) is 0 Å². The van der Waals surface area contributed by atoms with Gasteiger partial charge in [0.05, 0.1) is 7.11 Å². The number of carbonyl (C=O) groups excluding carboxylic acids is 2. The second-order valence-corrected chi connectivity index (χ2v) is 9.34. The first kappa shape index (κ1) is 23.3. The summed E-state index contributed by atoms with van der Waals surface area (Å²) < 4.78 is 32.1. The van der Waals surface area contributed by atoms with Crippen LogP contribution in [0.15, 0.2) is 54.1 Å². The Balaban J connectivity index is 1.74. The van der Waals surface area contributed by atoms with Crippen molar-refractivity contribution in [3.05, 3.63) is 65.2 Å². The van der Waals surface area contributed by atoms with Crippen LogP contribution in [-0.2, 0) is 26.2 Å². The van der Waals surface area contributed by atoms with Gasteiger partial charge in [0.15, 0.2) is 0 Å². The molecule has 2 aromatic carbocycles. The summed E-state index contributed by atoms with van der Waals surface area (Å²) in [7, 11) is 1.23. The van der Waals surface area contributed by atoms with E-state index in [1.165, 1.54) is 7.11 Å². The molecule has 0 unspecified atom stereocenters. The lowest BCUT2D eigenvalue weighted by Crippen LogP contribution is -2.41. The lowest BCUT2D eigenvalue weighted by molar-refractivity contribution is -0.128. The molecule has 1 aliphatic rings. The molecule has 170 valence electrons. The minimum Gasteiger partial charge on any atom is -0.497 e. The van der Waals surface area contributed by atoms with Gasteiger partial charge >= 0.3 is 0 Å². The van der Waals surface area contributed by atoms with E-state index in [9.17, 15) is 18.0 Å². The van der Waals surface area contributed by atoms with Crippen molar-refractivity contribution in [2.75, 3.05) is 32.6 Å². The molecule has 1 N–H and O–H groups in total. The third-order valence-corrected chi connectivity index (χ3v) is 7.12. The molecule has 0 saturated carbocycles. The highest BCUT2D eigenvalue weighted by atomic mass is 32.2. The number of rotatable bonds is 8. The van der Waals surface area contributed by atoms with Crippen LogP contribution in [0.1, 0.15) is 24.5 Å². The van der Waals surface area contributed by atoms with Gasteiger partial charge in [-0.1, -0.05) is 19.1 Å². The van der Waals surface area contributed by atoms with Gasteiger partial charge in [-0.25, -0.2) is 12.7 Å². The molecule has 9 heteroatoms. The van der Waals surface area contributed by atoms with Crippen molar-refractivity contribution in [3.8, 4) is 5.75 Å². The molecule has 1 aliphatic heterocycles. The van der Waals surface area contributed by atoms with Crippen LogP contribution >= 0.6 is 0 Å². The average molecular weight is 458 g/mol. The normalized spacial score (nSPS) is 15.1. The summed E-state index contributed by atoms with van der Waals surface area (Å²) >= 11 is 0. The highest BCUT2D eigenvalue weighted by Crippen LogP contribution is 2.37. The molecule has 2 amide bonds. The van der Waals surface area contributed by atoms with Crippen molar-refractivity contribution in [1.82, 2.24) is 9.62 Å². The molecule has 1 heterocycles. The van der Waals surface area contributed by atoms with Gasteiger partial charge in [-0.2, -0.15) is 0 Å². The average Bonchev–Trinajstić information content (AvgIpc) is 2.97. The number of hydrogen-bond acceptors (Lipinski definition) is 6. The smallest absolute Gasteiger partial charge is 0.268 e. The number of methoxy groups -OCH3 is 1. The fraction of sp³-hybridized carbons (Fsp3) is 0.304. The molecule has 0 aromatic heterocycles. The quantitative estimate of drug-likeness (QED) is 0.654. The molecule has 0 fully saturated rings. The SMILES string of the molecule is CCC1=C(c2ccc(OC)cc2)S(=O)(=O)N(CC(=O)NCc2ccc(N(C)C)cc2)C1=O. The highest BCUT2D eigenvalue weighted by molar-refractivity contribution is 7.99. The molecule has 0 atom stereocenters. The molecule has 0 saturated heterocycles. The number of sulfonamides is 1. The fourth-order valence-corrected chi connectivity index (χ4v) is 5.27. The Morgan fingerprint density at radius 1 is 1.06 bits per heavy atom. The maximum atomic E-state index is 13.2. The minimum absolute atomic E-state index is 0.0558. The zero-order valence-corrected chi connectivity index (χ0v) is 19.4. The number of anilines is 1. The van der Waals surface area contributed by atoms with Crippen molar-refractivity contribution in [1.29, 1.82) is 0 Å². The van der Waals surface area contributed by atoms with Crippen LogP contribution in [-0.4, -0.2) is 52.3 Å². The van der Waals surface area contributed by atoms with Gasteiger partial charge in [0.25, 0.3) is 15.9 Å². The molecular formula is C23H27N3O5S. The fourth-order valence-electron chi connectivity index (χ4n) is 3.46. The van der Waals surface area contributed by atoms with E-state index in [0.29, 0.717) is 15.6 Å². The van der Waals surface area contributed by atoms with E-state index in [-0.39, 0.29) is 23.4 Å². The van der Waals surface area contributed by atoms with Crippen molar-refractivity contribution in [2.45, 2.75) is 19.9 Å². The van der Waals surface area contributed by atoms with E-state index in [2.05, 4.69) is 5.32 Å². The lowest BCUT2D eigenvalue weighted by atomic mass is 10.1. The Hall–Kier alpha value is -3.33. The van der Waals surface area contributed by atoms with Crippen molar-refractivity contribution in [3.63, 3.8) is 0 Å². The number of hydrogen-bond donors (Lipinski definition) is 1. The van der Waals surface area contributed by atoms with Gasteiger partial charge in [0.2, 0.25) is 5.91 Å². The third kappa shape index (κ3) is 4.62. The van der Waals surface area contributed by atoms with Gasteiger partial charge in [-0.3, -0.25) is 9.59 Å². The van der Waals surface area contributed by atoms with E-state index < -0.39 is 28.4 Å². The molecule has 0 aliphatic carbocycles. The summed E-state index contributed by atoms with van der Waals surface area (Å²) in [6, 6.07) is 14.1. The van der Waals surface area contributed by atoms with E-state index in [4.69, 9.17) is 4.74 Å². The lowest BCUT2D eigenvalue weighted by Gasteiger charge is -2.17. The number of nitrogens with zero attached hydrogens (tertiary/aromatic N) is 2. The number of amides is 2. The molecule has 0 spiro atoms.